The van der Waals surface area contributed by atoms with E-state index >= 15 is 0 Å². The van der Waals surface area contributed by atoms with Crippen molar-refractivity contribution < 1.29 is 4.79 Å². The van der Waals surface area contributed by atoms with E-state index in [-0.39, 0.29) is 12.4 Å². The number of pyridine rings is 1. The van der Waals surface area contributed by atoms with Crippen LogP contribution in [0.5, 0.6) is 0 Å². The molecule has 0 aliphatic carbocycles. The van der Waals surface area contributed by atoms with Crippen molar-refractivity contribution in [2.45, 2.75) is 6.92 Å². The van der Waals surface area contributed by atoms with Gasteiger partial charge in [-0.25, -0.2) is 4.98 Å². The van der Waals surface area contributed by atoms with Crippen LogP contribution in [0.4, 0.5) is 5.82 Å². The van der Waals surface area contributed by atoms with Crippen LogP contribution in [0.25, 0.3) is 0 Å². The zero-order chi connectivity index (χ0) is 8.97. The molecule has 0 atom stereocenters. The highest BCUT2D eigenvalue weighted by atomic mass is 35.5. The Morgan fingerprint density at radius 3 is 2.69 bits per heavy atom. The zero-order valence-electron chi connectivity index (χ0n) is 7.28. The van der Waals surface area contributed by atoms with Gasteiger partial charge in [-0.3, -0.25) is 4.79 Å². The number of carbonyl (C=O) groups is 1. The number of aromatic nitrogens is 1. The van der Waals surface area contributed by atoms with Gasteiger partial charge >= 0.3 is 0 Å². The first-order valence-corrected chi connectivity index (χ1v) is 3.73. The average Bonchev–Trinajstić information content (AvgIpc) is 2.06. The number of rotatable bonds is 3. The molecule has 5 heteroatoms. The van der Waals surface area contributed by atoms with E-state index in [1.807, 2.05) is 6.92 Å². The van der Waals surface area contributed by atoms with Gasteiger partial charge in [-0.05, 0) is 19.1 Å². The Morgan fingerprint density at radius 2 is 2.31 bits per heavy atom. The molecule has 0 aromatic carbocycles. The van der Waals surface area contributed by atoms with Crippen molar-refractivity contribution in [2.75, 3.05) is 11.9 Å². The number of hydrogen-bond donors (Lipinski definition) is 2. The minimum Gasteiger partial charge on any atom is -0.370 e. The van der Waals surface area contributed by atoms with Crippen LogP contribution in [0.3, 0.4) is 0 Å². The maximum atomic E-state index is 10.6. The Labute approximate surface area is 83.0 Å². The number of nitrogens with zero attached hydrogens (tertiary/aromatic N) is 1. The molecule has 4 nitrogen and oxygen atoms in total. The van der Waals surface area contributed by atoms with Gasteiger partial charge < -0.3 is 11.1 Å². The van der Waals surface area contributed by atoms with E-state index in [0.717, 1.165) is 12.4 Å². The third-order valence-corrected chi connectivity index (χ3v) is 1.41. The van der Waals surface area contributed by atoms with Crippen LogP contribution in [-0.4, -0.2) is 17.4 Å². The third kappa shape index (κ3) is 3.29. The normalized spacial score (nSPS) is 8.69. The van der Waals surface area contributed by atoms with Crippen LogP contribution in [0.15, 0.2) is 18.3 Å². The van der Waals surface area contributed by atoms with Crippen LogP contribution < -0.4 is 11.1 Å². The third-order valence-electron chi connectivity index (χ3n) is 1.41. The van der Waals surface area contributed by atoms with E-state index in [4.69, 9.17) is 5.73 Å². The number of amides is 1. The first kappa shape index (κ1) is 11.7. The molecule has 72 valence electrons. The smallest absolute Gasteiger partial charge is 0.250 e. The lowest BCUT2D eigenvalue weighted by atomic mass is 10.3. The Bertz CT molecular complexity index is 273. The maximum Gasteiger partial charge on any atom is 0.250 e. The number of nitrogens with two attached hydrogens (primary N) is 1. The van der Waals surface area contributed by atoms with Gasteiger partial charge in [-0.1, -0.05) is 0 Å². The Kier molecular flexibility index (Phi) is 4.84. The number of nitrogens with one attached hydrogen (secondary N) is 1. The quantitative estimate of drug-likeness (QED) is 0.768. The van der Waals surface area contributed by atoms with Gasteiger partial charge in [-0.15, -0.1) is 12.4 Å². The van der Waals surface area contributed by atoms with Crippen molar-refractivity contribution in [3.05, 3.63) is 23.9 Å². The Balaban J connectivity index is 0.00000144. The molecule has 1 rings (SSSR count). The first-order valence-electron chi connectivity index (χ1n) is 3.73. The molecule has 0 unspecified atom stereocenters. The number of carbonyl (C=O) groups excluding carboxylic acids is 1. The molecule has 0 spiro atoms. The fourth-order valence-corrected chi connectivity index (χ4v) is 0.825. The monoisotopic (exact) mass is 201 g/mol. The van der Waals surface area contributed by atoms with Crippen molar-refractivity contribution in [1.29, 1.82) is 0 Å². The molecular weight excluding hydrogens is 190 g/mol. The second-order valence-electron chi connectivity index (χ2n) is 2.33. The molecule has 0 radical (unpaired) electrons. The summed E-state index contributed by atoms with van der Waals surface area (Å²) in [5.74, 6) is 0.299. The average molecular weight is 202 g/mol. The second-order valence-corrected chi connectivity index (χ2v) is 2.33. The molecule has 3 N–H and O–H groups in total. The van der Waals surface area contributed by atoms with Gasteiger partial charge in [0.15, 0.2) is 0 Å². The first-order chi connectivity index (χ1) is 5.74. The topological polar surface area (TPSA) is 68.0 Å². The van der Waals surface area contributed by atoms with E-state index in [1.165, 1.54) is 6.20 Å². The molecule has 0 aliphatic heterocycles. The molecule has 0 saturated carbocycles. The summed E-state index contributed by atoms with van der Waals surface area (Å²) in [5, 5.41) is 3.01. The van der Waals surface area contributed by atoms with E-state index in [2.05, 4.69) is 10.3 Å². The molecule has 0 fully saturated rings. The lowest BCUT2D eigenvalue weighted by molar-refractivity contribution is 0.1000. The predicted molar refractivity (Wildman–Crippen MR) is 54.2 cm³/mol. The molecule has 1 aromatic rings. The van der Waals surface area contributed by atoms with E-state index < -0.39 is 5.91 Å². The van der Waals surface area contributed by atoms with Gasteiger partial charge in [0, 0.05) is 12.7 Å². The maximum absolute atomic E-state index is 10.6. The van der Waals surface area contributed by atoms with Gasteiger partial charge in [0.2, 0.25) is 5.91 Å². The second kappa shape index (κ2) is 5.37. The number of hydrogen-bond acceptors (Lipinski definition) is 3. The molecule has 1 heterocycles. The highest BCUT2D eigenvalue weighted by Crippen LogP contribution is 2.03. The van der Waals surface area contributed by atoms with Crippen LogP contribution in [0.2, 0.25) is 0 Å². The summed E-state index contributed by atoms with van der Waals surface area (Å²) in [6.45, 7) is 2.78. The molecule has 0 bridgehead atoms. The molecule has 0 aliphatic rings. The summed E-state index contributed by atoms with van der Waals surface area (Å²) in [5.41, 5.74) is 5.47. The highest BCUT2D eigenvalue weighted by molar-refractivity contribution is 5.92. The highest BCUT2D eigenvalue weighted by Gasteiger charge is 1.99. The summed E-state index contributed by atoms with van der Waals surface area (Å²) >= 11 is 0. The molecule has 13 heavy (non-hydrogen) atoms. The van der Waals surface area contributed by atoms with Crippen molar-refractivity contribution >= 4 is 24.1 Å². The van der Waals surface area contributed by atoms with Gasteiger partial charge in [-0.2, -0.15) is 0 Å². The number of anilines is 1. The summed E-state index contributed by atoms with van der Waals surface area (Å²) in [4.78, 5) is 14.6. The van der Waals surface area contributed by atoms with Crippen LogP contribution in [-0.2, 0) is 0 Å². The minimum absolute atomic E-state index is 0. The van der Waals surface area contributed by atoms with Crippen molar-refractivity contribution in [1.82, 2.24) is 4.98 Å². The van der Waals surface area contributed by atoms with Crippen molar-refractivity contribution in [2.24, 2.45) is 5.73 Å². The molecule has 1 aromatic heterocycles. The van der Waals surface area contributed by atoms with Crippen LogP contribution in [0.1, 0.15) is 17.3 Å². The van der Waals surface area contributed by atoms with Gasteiger partial charge in [0.05, 0.1) is 5.56 Å². The molecule has 0 saturated heterocycles. The Morgan fingerprint density at radius 1 is 1.62 bits per heavy atom. The zero-order valence-corrected chi connectivity index (χ0v) is 8.10. The SMILES string of the molecule is CCNc1ccc(C(N)=O)cn1.Cl. The summed E-state index contributed by atoms with van der Waals surface area (Å²) in [7, 11) is 0. The van der Waals surface area contributed by atoms with Gasteiger partial charge in [0.1, 0.15) is 5.82 Å². The summed E-state index contributed by atoms with van der Waals surface area (Å²) in [6, 6.07) is 3.37. The number of primary amides is 1. The van der Waals surface area contributed by atoms with E-state index in [9.17, 15) is 4.79 Å². The van der Waals surface area contributed by atoms with Crippen LogP contribution in [0, 0.1) is 0 Å². The molecular formula is C8H12ClN3O. The van der Waals surface area contributed by atoms with E-state index in [1.54, 1.807) is 12.1 Å². The van der Waals surface area contributed by atoms with Gasteiger partial charge in [0.25, 0.3) is 0 Å². The Hall–Kier alpha value is -1.29. The lowest BCUT2D eigenvalue weighted by Gasteiger charge is -2.01. The number of halogens is 1. The lowest BCUT2D eigenvalue weighted by Crippen LogP contribution is -2.11. The van der Waals surface area contributed by atoms with E-state index in [0.29, 0.717) is 5.56 Å². The van der Waals surface area contributed by atoms with Crippen molar-refractivity contribution in [3.8, 4) is 0 Å². The van der Waals surface area contributed by atoms with Crippen LogP contribution >= 0.6 is 12.4 Å². The molecule has 1 amide bonds. The van der Waals surface area contributed by atoms with Crippen molar-refractivity contribution in [3.63, 3.8) is 0 Å². The summed E-state index contributed by atoms with van der Waals surface area (Å²) < 4.78 is 0. The minimum atomic E-state index is -0.453. The largest absolute Gasteiger partial charge is 0.370 e. The predicted octanol–water partition coefficient (Wildman–Crippen LogP) is 1.03. The standard InChI is InChI=1S/C8H11N3O.ClH/c1-2-10-7-4-3-6(5-11-7)8(9)12;/h3-5H,2H2,1H3,(H2,9,12)(H,10,11);1H. The summed E-state index contributed by atoms with van der Waals surface area (Å²) in [6.07, 6.45) is 1.46. The fraction of sp³-hybridized carbons (Fsp3) is 0.250. The fourth-order valence-electron chi connectivity index (χ4n) is 0.825.